The maximum atomic E-state index is 13.0. The van der Waals surface area contributed by atoms with Gasteiger partial charge in [0.25, 0.3) is 11.4 Å². The van der Waals surface area contributed by atoms with E-state index in [0.29, 0.717) is 28.9 Å². The molecule has 8 nitrogen and oxygen atoms in total. The summed E-state index contributed by atoms with van der Waals surface area (Å²) in [5.74, 6) is 1.48. The average molecular weight is 454 g/mol. The molecule has 3 aromatic carbocycles. The molecule has 0 aliphatic heterocycles. The van der Waals surface area contributed by atoms with Gasteiger partial charge in [0, 0.05) is 11.1 Å². The highest BCUT2D eigenvalue weighted by Crippen LogP contribution is 2.25. The number of aromatic nitrogens is 4. The van der Waals surface area contributed by atoms with Gasteiger partial charge in [0.15, 0.2) is 0 Å². The standard InChI is InChI=1S/C26H22N4O4/c1-3-33-20-11-8-18(9-12-20)23-28-24(34-29-23)19-10-13-21-22(14-19)27-26(32)30(25(21)31)15-17-6-4-16(2)5-7-17/h4-14H,3,15H2,1-2H3,(H,27,32). The first-order valence-electron chi connectivity index (χ1n) is 10.9. The van der Waals surface area contributed by atoms with Gasteiger partial charge in [0.05, 0.1) is 24.1 Å². The summed E-state index contributed by atoms with van der Waals surface area (Å²) in [6.07, 6.45) is 0. The van der Waals surface area contributed by atoms with Gasteiger partial charge >= 0.3 is 5.69 Å². The second-order valence-electron chi connectivity index (χ2n) is 7.95. The molecule has 1 N–H and O–H groups in total. The minimum atomic E-state index is -0.476. The molecule has 170 valence electrons. The molecule has 0 radical (unpaired) electrons. The lowest BCUT2D eigenvalue weighted by molar-refractivity contribution is 0.340. The number of H-pyrrole nitrogens is 1. The minimum Gasteiger partial charge on any atom is -0.494 e. The summed E-state index contributed by atoms with van der Waals surface area (Å²) in [6.45, 7) is 4.70. The predicted molar refractivity (Wildman–Crippen MR) is 129 cm³/mol. The zero-order chi connectivity index (χ0) is 23.7. The summed E-state index contributed by atoms with van der Waals surface area (Å²) >= 11 is 0. The molecular formula is C26H22N4O4. The third-order valence-corrected chi connectivity index (χ3v) is 5.54. The van der Waals surface area contributed by atoms with Gasteiger partial charge in [0.1, 0.15) is 5.75 Å². The van der Waals surface area contributed by atoms with Gasteiger partial charge in [-0.3, -0.25) is 9.36 Å². The molecule has 0 spiro atoms. The van der Waals surface area contributed by atoms with Crippen LogP contribution in [0, 0.1) is 6.92 Å². The minimum absolute atomic E-state index is 0.196. The molecule has 0 saturated heterocycles. The number of benzene rings is 3. The van der Waals surface area contributed by atoms with Crippen molar-refractivity contribution in [1.82, 2.24) is 19.7 Å². The van der Waals surface area contributed by atoms with E-state index in [1.165, 1.54) is 4.57 Å². The number of aromatic amines is 1. The van der Waals surface area contributed by atoms with Crippen LogP contribution in [0.1, 0.15) is 18.1 Å². The normalized spacial score (nSPS) is 11.1. The van der Waals surface area contributed by atoms with Gasteiger partial charge in [-0.2, -0.15) is 4.98 Å². The Morgan fingerprint density at radius 1 is 0.971 bits per heavy atom. The number of aryl methyl sites for hydroxylation is 1. The number of ether oxygens (including phenoxy) is 1. The van der Waals surface area contributed by atoms with Crippen LogP contribution in [0.2, 0.25) is 0 Å². The van der Waals surface area contributed by atoms with Crippen molar-refractivity contribution < 1.29 is 9.26 Å². The molecule has 34 heavy (non-hydrogen) atoms. The Hall–Kier alpha value is -4.46. The zero-order valence-electron chi connectivity index (χ0n) is 18.7. The maximum Gasteiger partial charge on any atom is 0.329 e. The van der Waals surface area contributed by atoms with Gasteiger partial charge in [-0.05, 0) is 61.9 Å². The number of nitrogens with zero attached hydrogens (tertiary/aromatic N) is 3. The first-order chi connectivity index (χ1) is 16.5. The predicted octanol–water partition coefficient (Wildman–Crippen LogP) is 4.16. The molecule has 0 aliphatic rings. The lowest BCUT2D eigenvalue weighted by atomic mass is 10.1. The molecule has 5 rings (SSSR count). The van der Waals surface area contributed by atoms with Crippen LogP contribution >= 0.6 is 0 Å². The number of hydrogen-bond donors (Lipinski definition) is 1. The quantitative estimate of drug-likeness (QED) is 0.413. The van der Waals surface area contributed by atoms with Crippen molar-refractivity contribution in [3.05, 3.63) is 98.7 Å². The molecule has 2 aromatic heterocycles. The van der Waals surface area contributed by atoms with E-state index in [-0.39, 0.29) is 18.0 Å². The smallest absolute Gasteiger partial charge is 0.329 e. The Morgan fingerprint density at radius 2 is 1.71 bits per heavy atom. The first kappa shape index (κ1) is 21.4. The van der Waals surface area contributed by atoms with E-state index in [1.807, 2.05) is 62.4 Å². The largest absolute Gasteiger partial charge is 0.494 e. The number of rotatable bonds is 6. The second kappa shape index (κ2) is 8.82. The molecule has 5 aromatic rings. The van der Waals surface area contributed by atoms with Crippen molar-refractivity contribution in [2.24, 2.45) is 0 Å². The van der Waals surface area contributed by atoms with Crippen LogP contribution in [-0.4, -0.2) is 26.3 Å². The van der Waals surface area contributed by atoms with E-state index in [4.69, 9.17) is 9.26 Å². The van der Waals surface area contributed by atoms with E-state index < -0.39 is 5.69 Å². The van der Waals surface area contributed by atoms with Crippen molar-refractivity contribution in [3.8, 4) is 28.6 Å². The maximum absolute atomic E-state index is 13.0. The van der Waals surface area contributed by atoms with Crippen LogP contribution in [0.15, 0.2) is 80.8 Å². The average Bonchev–Trinajstić information content (AvgIpc) is 3.34. The van der Waals surface area contributed by atoms with Gasteiger partial charge in [-0.25, -0.2) is 4.79 Å². The SMILES string of the molecule is CCOc1ccc(-c2noc(-c3ccc4c(=O)n(Cc5ccc(C)cc5)c(=O)[nH]c4c3)n2)cc1. The van der Waals surface area contributed by atoms with E-state index in [9.17, 15) is 9.59 Å². The number of hydrogen-bond acceptors (Lipinski definition) is 6. The fourth-order valence-corrected chi connectivity index (χ4v) is 3.73. The Kier molecular flexibility index (Phi) is 5.55. The summed E-state index contributed by atoms with van der Waals surface area (Å²) in [5, 5.41) is 4.46. The van der Waals surface area contributed by atoms with Crippen molar-refractivity contribution in [2.75, 3.05) is 6.61 Å². The molecule has 0 saturated carbocycles. The zero-order valence-corrected chi connectivity index (χ0v) is 18.7. The second-order valence-corrected chi connectivity index (χ2v) is 7.95. The molecule has 0 fully saturated rings. The van der Waals surface area contributed by atoms with Crippen LogP contribution in [0.3, 0.4) is 0 Å². The summed E-state index contributed by atoms with van der Waals surface area (Å²) in [7, 11) is 0. The van der Waals surface area contributed by atoms with Crippen LogP contribution in [0.4, 0.5) is 0 Å². The highest BCUT2D eigenvalue weighted by molar-refractivity contribution is 5.82. The summed E-state index contributed by atoms with van der Waals surface area (Å²) in [4.78, 5) is 33.0. The van der Waals surface area contributed by atoms with Crippen molar-refractivity contribution >= 4 is 10.9 Å². The van der Waals surface area contributed by atoms with Gasteiger partial charge in [-0.15, -0.1) is 0 Å². The van der Waals surface area contributed by atoms with Crippen LogP contribution in [0.25, 0.3) is 33.7 Å². The van der Waals surface area contributed by atoms with Gasteiger partial charge < -0.3 is 14.2 Å². The molecule has 0 amide bonds. The first-order valence-corrected chi connectivity index (χ1v) is 10.9. The summed E-state index contributed by atoms with van der Waals surface area (Å²) < 4.78 is 12.1. The highest BCUT2D eigenvalue weighted by Gasteiger charge is 2.14. The molecule has 0 unspecified atom stereocenters. The Morgan fingerprint density at radius 3 is 2.44 bits per heavy atom. The van der Waals surface area contributed by atoms with Crippen LogP contribution in [-0.2, 0) is 6.54 Å². The van der Waals surface area contributed by atoms with Crippen molar-refractivity contribution in [2.45, 2.75) is 20.4 Å². The van der Waals surface area contributed by atoms with E-state index in [1.54, 1.807) is 18.2 Å². The van der Waals surface area contributed by atoms with Crippen molar-refractivity contribution in [3.63, 3.8) is 0 Å². The number of nitrogens with one attached hydrogen (secondary N) is 1. The Labute approximate surface area is 194 Å². The van der Waals surface area contributed by atoms with Crippen molar-refractivity contribution in [1.29, 1.82) is 0 Å². The Bertz CT molecular complexity index is 1580. The van der Waals surface area contributed by atoms with Crippen LogP contribution < -0.4 is 16.0 Å². The molecule has 2 heterocycles. The third-order valence-electron chi connectivity index (χ3n) is 5.54. The van der Waals surface area contributed by atoms with E-state index >= 15 is 0 Å². The van der Waals surface area contributed by atoms with Gasteiger partial charge in [-0.1, -0.05) is 35.0 Å². The fraction of sp³-hybridized carbons (Fsp3) is 0.154. The topological polar surface area (TPSA) is 103 Å². The highest BCUT2D eigenvalue weighted by atomic mass is 16.5. The molecule has 0 bridgehead atoms. The Balaban J connectivity index is 1.46. The molecule has 0 atom stereocenters. The molecule has 0 aliphatic carbocycles. The van der Waals surface area contributed by atoms with E-state index in [2.05, 4.69) is 15.1 Å². The fourth-order valence-electron chi connectivity index (χ4n) is 3.73. The molecule has 8 heteroatoms. The summed E-state index contributed by atoms with van der Waals surface area (Å²) in [5.41, 5.74) is 2.95. The monoisotopic (exact) mass is 454 g/mol. The van der Waals surface area contributed by atoms with Gasteiger partial charge in [0.2, 0.25) is 5.82 Å². The molecular weight excluding hydrogens is 432 g/mol. The lowest BCUT2D eigenvalue weighted by Crippen LogP contribution is -2.35. The number of fused-ring (bicyclic) bond motifs is 1. The van der Waals surface area contributed by atoms with E-state index in [0.717, 1.165) is 22.4 Å². The van der Waals surface area contributed by atoms with Crippen LogP contribution in [0.5, 0.6) is 5.75 Å². The summed E-state index contributed by atoms with van der Waals surface area (Å²) in [6, 6.07) is 20.2. The third kappa shape index (κ3) is 4.13. The lowest BCUT2D eigenvalue weighted by Gasteiger charge is -2.07.